The molecule has 0 saturated carbocycles. The van der Waals surface area contributed by atoms with Crippen molar-refractivity contribution in [2.75, 3.05) is 4.90 Å². The van der Waals surface area contributed by atoms with Crippen molar-refractivity contribution in [1.82, 2.24) is 0 Å². The smallest absolute Gasteiger partial charge is 0.238 e. The summed E-state index contributed by atoms with van der Waals surface area (Å²) in [4.78, 5) is 25.9. The summed E-state index contributed by atoms with van der Waals surface area (Å²) in [6.45, 7) is 0. The molecular weight excluding hydrogens is 266 g/mol. The van der Waals surface area contributed by atoms with Gasteiger partial charge in [0.25, 0.3) is 0 Å². The van der Waals surface area contributed by atoms with E-state index in [-0.39, 0.29) is 29.4 Å². The minimum absolute atomic E-state index is 0.102. The number of rotatable bonds is 1. The van der Waals surface area contributed by atoms with Gasteiger partial charge in [-0.2, -0.15) is 0 Å². The molecule has 0 aromatic heterocycles. The molecule has 2 aliphatic rings. The van der Waals surface area contributed by atoms with E-state index in [4.69, 9.17) is 11.6 Å². The van der Waals surface area contributed by atoms with Crippen LogP contribution in [-0.2, 0) is 9.59 Å². The highest BCUT2D eigenvalue weighted by Gasteiger charge is 2.48. The van der Waals surface area contributed by atoms with E-state index in [1.807, 2.05) is 6.08 Å². The first-order valence-electron chi connectivity index (χ1n) is 6.09. The molecular formula is C14H12ClNO3. The van der Waals surface area contributed by atoms with Gasteiger partial charge in [-0.15, -0.1) is 0 Å². The van der Waals surface area contributed by atoms with Crippen molar-refractivity contribution < 1.29 is 14.7 Å². The van der Waals surface area contributed by atoms with E-state index >= 15 is 0 Å². The molecule has 1 aromatic carbocycles. The molecule has 0 bridgehead atoms. The van der Waals surface area contributed by atoms with Gasteiger partial charge in [0.1, 0.15) is 5.75 Å². The summed E-state index contributed by atoms with van der Waals surface area (Å²) in [6.07, 6.45) is 2.77. The van der Waals surface area contributed by atoms with Gasteiger partial charge < -0.3 is 5.11 Å². The van der Waals surface area contributed by atoms with Crippen LogP contribution >= 0.6 is 11.6 Å². The Hall–Kier alpha value is -1.81. The quantitative estimate of drug-likeness (QED) is 0.802. The van der Waals surface area contributed by atoms with Crippen LogP contribution in [0.25, 0.3) is 0 Å². The second-order valence-electron chi connectivity index (χ2n) is 4.83. The van der Waals surface area contributed by atoms with Crippen LogP contribution in [0.3, 0.4) is 0 Å². The fourth-order valence-corrected chi connectivity index (χ4v) is 2.94. The topological polar surface area (TPSA) is 57.6 Å². The van der Waals surface area contributed by atoms with Crippen LogP contribution in [0.2, 0.25) is 0 Å². The number of imide groups is 1. The maximum atomic E-state index is 12.3. The molecule has 0 unspecified atom stereocenters. The fraction of sp³-hybridized carbons (Fsp3) is 0.286. The van der Waals surface area contributed by atoms with E-state index in [0.29, 0.717) is 23.6 Å². The van der Waals surface area contributed by atoms with Crippen molar-refractivity contribution in [3.05, 3.63) is 35.4 Å². The Kier molecular flexibility index (Phi) is 2.82. The SMILES string of the molecule is O=C1[C@H]2CC(Cl)=CC[C@H]2C(=O)N1c1ccc(O)cc1. The number of phenolic OH excluding ortho intramolecular Hbond substituents is 1. The zero-order chi connectivity index (χ0) is 13.6. The lowest BCUT2D eigenvalue weighted by Gasteiger charge is -2.17. The van der Waals surface area contributed by atoms with E-state index < -0.39 is 0 Å². The minimum atomic E-state index is -0.348. The summed E-state index contributed by atoms with van der Waals surface area (Å²) in [5, 5.41) is 9.91. The lowest BCUT2D eigenvalue weighted by molar-refractivity contribution is -0.122. The van der Waals surface area contributed by atoms with Gasteiger partial charge in [-0.25, -0.2) is 0 Å². The normalized spacial score (nSPS) is 26.4. The van der Waals surface area contributed by atoms with Crippen LogP contribution in [0.1, 0.15) is 12.8 Å². The lowest BCUT2D eigenvalue weighted by Crippen LogP contribution is -2.30. The van der Waals surface area contributed by atoms with Crippen molar-refractivity contribution in [1.29, 1.82) is 0 Å². The molecule has 19 heavy (non-hydrogen) atoms. The third-order valence-electron chi connectivity index (χ3n) is 3.68. The number of allylic oxidation sites excluding steroid dienone is 2. The number of anilines is 1. The van der Waals surface area contributed by atoms with E-state index in [1.165, 1.54) is 17.0 Å². The molecule has 5 heteroatoms. The number of amides is 2. The predicted molar refractivity (Wildman–Crippen MR) is 70.7 cm³/mol. The summed E-state index contributed by atoms with van der Waals surface area (Å²) in [5.41, 5.74) is 0.498. The van der Waals surface area contributed by atoms with Crippen LogP contribution in [0.15, 0.2) is 35.4 Å². The average Bonchev–Trinajstić information content (AvgIpc) is 2.63. The Morgan fingerprint density at radius 1 is 1.11 bits per heavy atom. The summed E-state index contributed by atoms with van der Waals surface area (Å²) in [6, 6.07) is 6.06. The largest absolute Gasteiger partial charge is 0.508 e. The fourth-order valence-electron chi connectivity index (χ4n) is 2.68. The molecule has 98 valence electrons. The van der Waals surface area contributed by atoms with Gasteiger partial charge >= 0.3 is 0 Å². The molecule has 0 radical (unpaired) electrons. The number of hydrogen-bond donors (Lipinski definition) is 1. The first kappa shape index (κ1) is 12.2. The Balaban J connectivity index is 1.95. The third-order valence-corrected chi connectivity index (χ3v) is 3.99. The Morgan fingerprint density at radius 2 is 1.74 bits per heavy atom. The molecule has 4 nitrogen and oxygen atoms in total. The number of fused-ring (bicyclic) bond motifs is 1. The average molecular weight is 278 g/mol. The molecule has 0 spiro atoms. The number of phenols is 1. The lowest BCUT2D eigenvalue weighted by atomic mass is 9.85. The van der Waals surface area contributed by atoms with Gasteiger partial charge in [-0.05, 0) is 37.1 Å². The maximum absolute atomic E-state index is 12.3. The van der Waals surface area contributed by atoms with E-state index in [0.717, 1.165) is 0 Å². The van der Waals surface area contributed by atoms with Crippen LogP contribution in [0.5, 0.6) is 5.75 Å². The van der Waals surface area contributed by atoms with Crippen molar-refractivity contribution in [3.63, 3.8) is 0 Å². The number of carbonyl (C=O) groups is 2. The van der Waals surface area contributed by atoms with Gasteiger partial charge in [0.15, 0.2) is 0 Å². The second-order valence-corrected chi connectivity index (χ2v) is 5.32. The second kappa shape index (κ2) is 4.38. The van der Waals surface area contributed by atoms with Gasteiger partial charge in [0.2, 0.25) is 11.8 Å². The number of carbonyl (C=O) groups excluding carboxylic acids is 2. The van der Waals surface area contributed by atoms with Gasteiger partial charge in [0, 0.05) is 5.03 Å². The van der Waals surface area contributed by atoms with E-state index in [9.17, 15) is 14.7 Å². The molecule has 2 atom stereocenters. The predicted octanol–water partition coefficient (Wildman–Crippen LogP) is 2.41. The molecule has 1 saturated heterocycles. The summed E-state index contributed by atoms with van der Waals surface area (Å²) >= 11 is 5.96. The Bertz CT molecular complexity index is 579. The third kappa shape index (κ3) is 1.92. The van der Waals surface area contributed by atoms with E-state index in [1.54, 1.807) is 12.1 Å². The van der Waals surface area contributed by atoms with Crippen LogP contribution in [0.4, 0.5) is 5.69 Å². The number of halogens is 1. The zero-order valence-corrected chi connectivity index (χ0v) is 10.8. The number of benzene rings is 1. The first-order valence-corrected chi connectivity index (χ1v) is 6.47. The molecule has 2 amide bonds. The first-order chi connectivity index (χ1) is 9.08. The van der Waals surface area contributed by atoms with Crippen molar-refractivity contribution in [3.8, 4) is 5.75 Å². The van der Waals surface area contributed by atoms with Gasteiger partial charge in [0.05, 0.1) is 17.5 Å². The molecule has 1 heterocycles. The van der Waals surface area contributed by atoms with Crippen molar-refractivity contribution in [2.45, 2.75) is 12.8 Å². The molecule has 3 rings (SSSR count). The molecule has 1 N–H and O–H groups in total. The van der Waals surface area contributed by atoms with Crippen molar-refractivity contribution in [2.24, 2.45) is 11.8 Å². The summed E-state index contributed by atoms with van der Waals surface area (Å²) in [5.74, 6) is -0.930. The van der Waals surface area contributed by atoms with Crippen LogP contribution in [-0.4, -0.2) is 16.9 Å². The highest BCUT2D eigenvalue weighted by atomic mass is 35.5. The zero-order valence-electron chi connectivity index (χ0n) is 10.0. The minimum Gasteiger partial charge on any atom is -0.508 e. The van der Waals surface area contributed by atoms with Crippen LogP contribution < -0.4 is 4.90 Å². The molecule has 1 aromatic rings. The number of nitrogens with zero attached hydrogens (tertiary/aromatic N) is 1. The Morgan fingerprint density at radius 3 is 2.42 bits per heavy atom. The number of hydrogen-bond acceptors (Lipinski definition) is 3. The maximum Gasteiger partial charge on any atom is 0.238 e. The highest BCUT2D eigenvalue weighted by Crippen LogP contribution is 2.40. The standard InChI is InChI=1S/C14H12ClNO3/c15-8-1-6-11-12(7-8)14(19)16(13(11)18)9-2-4-10(17)5-3-9/h1-5,11-12,17H,6-7H2/t11-,12+/m1/s1. The number of aromatic hydroxyl groups is 1. The van der Waals surface area contributed by atoms with Crippen molar-refractivity contribution >= 4 is 29.1 Å². The Labute approximate surface area is 115 Å². The molecule has 1 aliphatic carbocycles. The monoisotopic (exact) mass is 277 g/mol. The van der Waals surface area contributed by atoms with Gasteiger partial charge in [-0.1, -0.05) is 17.7 Å². The summed E-state index contributed by atoms with van der Waals surface area (Å²) < 4.78 is 0. The van der Waals surface area contributed by atoms with E-state index in [2.05, 4.69) is 0 Å². The highest BCUT2D eigenvalue weighted by molar-refractivity contribution is 6.30. The molecule has 1 aliphatic heterocycles. The molecule has 1 fully saturated rings. The summed E-state index contributed by atoms with van der Waals surface area (Å²) in [7, 11) is 0. The van der Waals surface area contributed by atoms with Gasteiger partial charge in [-0.3, -0.25) is 14.5 Å². The van der Waals surface area contributed by atoms with Crippen LogP contribution in [0, 0.1) is 11.8 Å².